The summed E-state index contributed by atoms with van der Waals surface area (Å²) < 4.78 is 5.40. The summed E-state index contributed by atoms with van der Waals surface area (Å²) in [6.07, 6.45) is 0. The molecule has 156 valence electrons. The van der Waals surface area contributed by atoms with Crippen LogP contribution in [-0.2, 0) is 9.53 Å². The van der Waals surface area contributed by atoms with Crippen LogP contribution in [0.15, 0.2) is 36.4 Å². The Bertz CT molecular complexity index is 901. The third kappa shape index (κ3) is 6.26. The fourth-order valence-corrected chi connectivity index (χ4v) is 3.58. The molecule has 0 atom stereocenters. The summed E-state index contributed by atoms with van der Waals surface area (Å²) in [6.45, 7) is 4.98. The maximum absolute atomic E-state index is 13.4. The van der Waals surface area contributed by atoms with E-state index in [2.05, 4.69) is 0 Å². The number of halogens is 3. The van der Waals surface area contributed by atoms with Gasteiger partial charge >= 0.3 is 5.97 Å². The molecule has 0 heterocycles. The van der Waals surface area contributed by atoms with Gasteiger partial charge in [-0.1, -0.05) is 40.9 Å². The Hall–Kier alpha value is -1.95. The highest BCUT2D eigenvalue weighted by molar-refractivity contribution is 6.42. The summed E-state index contributed by atoms with van der Waals surface area (Å²) in [5.74, 6) is -1.08. The molecule has 0 fully saturated rings. The average molecular weight is 458 g/mol. The van der Waals surface area contributed by atoms with Gasteiger partial charge in [0.25, 0.3) is 5.91 Å². The molecule has 2 aromatic rings. The minimum absolute atomic E-state index is 0.0662. The van der Waals surface area contributed by atoms with Crippen molar-refractivity contribution in [3.05, 3.63) is 57.0 Å². The highest BCUT2D eigenvalue weighted by atomic mass is 35.5. The molecule has 0 saturated heterocycles. The molecule has 0 aliphatic rings. The molecule has 29 heavy (non-hydrogen) atoms. The van der Waals surface area contributed by atoms with Gasteiger partial charge in [-0.25, -0.2) is 0 Å². The maximum Gasteiger partial charge on any atom is 0.326 e. The van der Waals surface area contributed by atoms with Crippen molar-refractivity contribution in [3.63, 3.8) is 0 Å². The van der Waals surface area contributed by atoms with E-state index in [9.17, 15) is 9.59 Å². The number of rotatable bonds is 5. The quantitative estimate of drug-likeness (QED) is 0.540. The van der Waals surface area contributed by atoms with Crippen molar-refractivity contribution in [1.29, 1.82) is 0 Å². The van der Waals surface area contributed by atoms with Gasteiger partial charge < -0.3 is 9.64 Å². The van der Waals surface area contributed by atoms with E-state index in [0.29, 0.717) is 10.7 Å². The molecule has 0 aliphatic carbocycles. The zero-order valence-electron chi connectivity index (χ0n) is 16.9. The number of esters is 1. The molecule has 0 bridgehead atoms. The van der Waals surface area contributed by atoms with E-state index < -0.39 is 17.5 Å². The number of hydrogen-bond donors (Lipinski definition) is 0. The van der Waals surface area contributed by atoms with Crippen LogP contribution in [0.1, 0.15) is 31.1 Å². The minimum atomic E-state index is -0.688. The van der Waals surface area contributed by atoms with E-state index in [1.54, 1.807) is 39.0 Å². The molecule has 0 spiro atoms. The summed E-state index contributed by atoms with van der Waals surface area (Å²) in [7, 11) is 3.76. The summed E-state index contributed by atoms with van der Waals surface area (Å²) in [5.41, 5.74) is 0.746. The molecule has 2 rings (SSSR count). The lowest BCUT2D eigenvalue weighted by atomic mass is 10.1. The predicted octanol–water partition coefficient (Wildman–Crippen LogP) is 5.70. The Morgan fingerprint density at radius 1 is 0.966 bits per heavy atom. The predicted molar refractivity (Wildman–Crippen MR) is 120 cm³/mol. The Labute approximate surface area is 186 Å². The summed E-state index contributed by atoms with van der Waals surface area (Å²) in [6, 6.07) is 10.1. The number of carbonyl (C=O) groups excluding carboxylic acids is 2. The van der Waals surface area contributed by atoms with E-state index in [1.807, 2.05) is 25.1 Å². The molecule has 2 aromatic carbocycles. The van der Waals surface area contributed by atoms with Gasteiger partial charge in [0, 0.05) is 30.5 Å². The average Bonchev–Trinajstić information content (AvgIpc) is 2.57. The molecule has 0 N–H and O–H groups in total. The van der Waals surface area contributed by atoms with Gasteiger partial charge in [0.2, 0.25) is 0 Å². The van der Waals surface area contributed by atoms with E-state index in [-0.39, 0.29) is 22.2 Å². The van der Waals surface area contributed by atoms with Gasteiger partial charge in [0.05, 0.1) is 15.6 Å². The maximum atomic E-state index is 13.4. The lowest BCUT2D eigenvalue weighted by molar-refractivity contribution is -0.152. The fraction of sp³-hybridized carbons (Fsp3) is 0.333. The second-order valence-corrected chi connectivity index (χ2v) is 8.89. The second-order valence-electron chi connectivity index (χ2n) is 7.64. The fourth-order valence-electron chi connectivity index (χ4n) is 2.60. The Kier molecular flexibility index (Phi) is 7.44. The van der Waals surface area contributed by atoms with E-state index in [1.165, 1.54) is 17.0 Å². The first-order chi connectivity index (χ1) is 13.4. The Morgan fingerprint density at radius 2 is 1.52 bits per heavy atom. The van der Waals surface area contributed by atoms with Crippen LogP contribution in [0.2, 0.25) is 15.1 Å². The third-order valence-corrected chi connectivity index (χ3v) is 4.65. The molecule has 0 unspecified atom stereocenters. The molecule has 5 nitrogen and oxygen atoms in total. The van der Waals surface area contributed by atoms with Gasteiger partial charge in [-0.2, -0.15) is 0 Å². The summed E-state index contributed by atoms with van der Waals surface area (Å²) >= 11 is 18.5. The number of carbonyl (C=O) groups is 2. The molecule has 0 aliphatic heterocycles. The number of anilines is 2. The van der Waals surface area contributed by atoms with Crippen molar-refractivity contribution in [2.24, 2.45) is 0 Å². The number of ether oxygens (including phenoxy) is 1. The highest BCUT2D eigenvalue weighted by Crippen LogP contribution is 2.32. The second kappa shape index (κ2) is 9.24. The van der Waals surface area contributed by atoms with Gasteiger partial charge in [-0.05, 0) is 51.1 Å². The lowest BCUT2D eigenvalue weighted by Crippen LogP contribution is -2.39. The normalized spacial score (nSPS) is 11.2. The van der Waals surface area contributed by atoms with Crippen molar-refractivity contribution < 1.29 is 14.3 Å². The zero-order chi connectivity index (χ0) is 21.9. The van der Waals surface area contributed by atoms with E-state index in [4.69, 9.17) is 39.5 Å². The van der Waals surface area contributed by atoms with Crippen LogP contribution in [0.4, 0.5) is 11.4 Å². The summed E-state index contributed by atoms with van der Waals surface area (Å²) in [4.78, 5) is 29.1. The van der Waals surface area contributed by atoms with E-state index >= 15 is 0 Å². The summed E-state index contributed by atoms with van der Waals surface area (Å²) in [5, 5.41) is 0.515. The van der Waals surface area contributed by atoms with Crippen molar-refractivity contribution in [3.8, 4) is 0 Å². The van der Waals surface area contributed by atoms with Crippen LogP contribution < -0.4 is 9.80 Å². The van der Waals surface area contributed by atoms with Crippen LogP contribution in [0, 0.1) is 0 Å². The van der Waals surface area contributed by atoms with Crippen molar-refractivity contribution in [2.45, 2.75) is 26.4 Å². The molecule has 1 amide bonds. The molecular weight excluding hydrogens is 435 g/mol. The van der Waals surface area contributed by atoms with Crippen molar-refractivity contribution in [1.82, 2.24) is 0 Å². The molecule has 0 aromatic heterocycles. The molecule has 8 heteroatoms. The first-order valence-electron chi connectivity index (χ1n) is 8.84. The smallest absolute Gasteiger partial charge is 0.326 e. The third-order valence-electron chi connectivity index (χ3n) is 3.83. The largest absolute Gasteiger partial charge is 0.459 e. The number of benzene rings is 2. The van der Waals surface area contributed by atoms with Crippen molar-refractivity contribution >= 4 is 58.1 Å². The minimum Gasteiger partial charge on any atom is -0.459 e. The molecular formula is C21H23Cl3N2O3. The number of amides is 1. The molecule has 0 saturated carbocycles. The van der Waals surface area contributed by atoms with Crippen LogP contribution in [0.25, 0.3) is 0 Å². The Morgan fingerprint density at radius 3 is 2.03 bits per heavy atom. The van der Waals surface area contributed by atoms with Crippen LogP contribution in [-0.4, -0.2) is 38.1 Å². The standard InChI is InChI=1S/C21H23Cl3N2O3/c1-21(2,3)29-18(27)12-26(15-8-6-7-14(11-15)25(4)5)20(28)19-16(23)9-13(22)10-17(19)24/h6-11H,12H2,1-5H3. The van der Waals surface area contributed by atoms with Gasteiger partial charge in [0.1, 0.15) is 12.1 Å². The van der Waals surface area contributed by atoms with Gasteiger partial charge in [-0.3, -0.25) is 14.5 Å². The van der Waals surface area contributed by atoms with Crippen LogP contribution >= 0.6 is 34.8 Å². The first kappa shape index (κ1) is 23.3. The molecule has 0 radical (unpaired) electrons. The van der Waals surface area contributed by atoms with Gasteiger partial charge in [-0.15, -0.1) is 0 Å². The number of hydrogen-bond acceptors (Lipinski definition) is 4. The van der Waals surface area contributed by atoms with Crippen molar-refractivity contribution in [2.75, 3.05) is 30.4 Å². The van der Waals surface area contributed by atoms with Crippen LogP contribution in [0.5, 0.6) is 0 Å². The highest BCUT2D eigenvalue weighted by Gasteiger charge is 2.27. The SMILES string of the molecule is CN(C)c1cccc(N(CC(=O)OC(C)(C)C)C(=O)c2c(Cl)cc(Cl)cc2Cl)c1. The lowest BCUT2D eigenvalue weighted by Gasteiger charge is -2.27. The van der Waals surface area contributed by atoms with Gasteiger partial charge in [0.15, 0.2) is 0 Å². The topological polar surface area (TPSA) is 49.9 Å². The van der Waals surface area contributed by atoms with Crippen LogP contribution in [0.3, 0.4) is 0 Å². The number of nitrogens with zero attached hydrogens (tertiary/aromatic N) is 2. The Balaban J connectivity index is 2.51. The zero-order valence-corrected chi connectivity index (χ0v) is 19.2. The monoisotopic (exact) mass is 456 g/mol. The first-order valence-corrected chi connectivity index (χ1v) is 9.98. The van der Waals surface area contributed by atoms with E-state index in [0.717, 1.165) is 5.69 Å².